The number of nitrogens with zero attached hydrogens (tertiary/aromatic N) is 3. The van der Waals surface area contributed by atoms with Gasteiger partial charge in [0.15, 0.2) is 0 Å². The molecule has 1 amide bonds. The van der Waals surface area contributed by atoms with Crippen molar-refractivity contribution >= 4 is 22.8 Å². The first-order chi connectivity index (χ1) is 14.4. The van der Waals surface area contributed by atoms with Gasteiger partial charge < -0.3 is 4.90 Å². The summed E-state index contributed by atoms with van der Waals surface area (Å²) in [5, 5.41) is -0.150. The van der Waals surface area contributed by atoms with Crippen LogP contribution in [0.3, 0.4) is 0 Å². The number of halogens is 5. The molecule has 0 aliphatic carbocycles. The van der Waals surface area contributed by atoms with Crippen molar-refractivity contribution in [3.05, 3.63) is 69.5 Å². The van der Waals surface area contributed by atoms with Crippen molar-refractivity contribution in [2.75, 3.05) is 24.4 Å². The Bertz CT molecular complexity index is 1200. The molecule has 0 saturated carbocycles. The van der Waals surface area contributed by atoms with E-state index in [0.717, 1.165) is 35.0 Å². The molecule has 1 unspecified atom stereocenters. The van der Waals surface area contributed by atoms with Gasteiger partial charge in [0.2, 0.25) is 11.9 Å². The first-order valence-corrected chi connectivity index (χ1v) is 8.96. The number of carbonyl (C=O) groups is 1. The summed E-state index contributed by atoms with van der Waals surface area (Å²) >= 11 is 0. The van der Waals surface area contributed by atoms with Crippen molar-refractivity contribution in [1.82, 2.24) is 9.66 Å². The van der Waals surface area contributed by atoms with Crippen LogP contribution in [0.5, 0.6) is 0 Å². The van der Waals surface area contributed by atoms with Crippen LogP contribution in [0, 0.1) is 11.6 Å². The Morgan fingerprint density at radius 3 is 2.26 bits per heavy atom. The lowest BCUT2D eigenvalue weighted by Crippen LogP contribution is -2.34. The zero-order valence-corrected chi connectivity index (χ0v) is 16.6. The molecular weight excluding hydrogens is 423 g/mol. The third kappa shape index (κ3) is 4.49. The Hall–Kier alpha value is -3.50. The number of rotatable bonds is 4. The van der Waals surface area contributed by atoms with Gasteiger partial charge >= 0.3 is 6.18 Å². The fourth-order valence-electron chi connectivity index (χ4n) is 2.98. The summed E-state index contributed by atoms with van der Waals surface area (Å²) in [5.74, 6) is -3.75. The van der Waals surface area contributed by atoms with E-state index in [4.69, 9.17) is 0 Å². The van der Waals surface area contributed by atoms with Gasteiger partial charge in [-0.3, -0.25) is 15.0 Å². The minimum Gasteiger partial charge on any atom is -0.347 e. The molecule has 1 N–H and O–H groups in total. The molecule has 3 rings (SSSR count). The van der Waals surface area contributed by atoms with Gasteiger partial charge in [0, 0.05) is 20.2 Å². The number of benzene rings is 2. The van der Waals surface area contributed by atoms with Gasteiger partial charge in [-0.15, -0.1) is 0 Å². The fraction of sp³-hybridized carbons (Fsp3) is 0.250. The molecule has 1 aromatic heterocycles. The lowest BCUT2D eigenvalue weighted by Gasteiger charge is -2.23. The third-order valence-corrected chi connectivity index (χ3v) is 4.60. The summed E-state index contributed by atoms with van der Waals surface area (Å²) in [7, 11) is 2.96. The zero-order chi connectivity index (χ0) is 23.1. The average Bonchev–Trinajstić information content (AvgIpc) is 2.67. The molecule has 0 aliphatic rings. The van der Waals surface area contributed by atoms with Crippen molar-refractivity contribution in [3.63, 3.8) is 0 Å². The highest BCUT2D eigenvalue weighted by atomic mass is 19.4. The molecule has 2 aromatic carbocycles. The Balaban J connectivity index is 2.14. The molecule has 6 nitrogen and oxygen atoms in total. The van der Waals surface area contributed by atoms with Gasteiger partial charge in [-0.2, -0.15) is 18.2 Å². The molecule has 3 aromatic rings. The molecule has 0 aliphatic heterocycles. The summed E-state index contributed by atoms with van der Waals surface area (Å²) in [6.07, 6.45) is -4.69. The maximum atomic E-state index is 13.5. The molecule has 0 fully saturated rings. The Kier molecular flexibility index (Phi) is 5.70. The fourth-order valence-corrected chi connectivity index (χ4v) is 2.98. The van der Waals surface area contributed by atoms with Gasteiger partial charge in [-0.1, -0.05) is 0 Å². The highest BCUT2D eigenvalue weighted by Crippen LogP contribution is 2.31. The van der Waals surface area contributed by atoms with Crippen LogP contribution < -0.4 is 15.9 Å². The smallest absolute Gasteiger partial charge is 0.347 e. The van der Waals surface area contributed by atoms with Crippen molar-refractivity contribution in [1.29, 1.82) is 0 Å². The van der Waals surface area contributed by atoms with Crippen LogP contribution >= 0.6 is 0 Å². The van der Waals surface area contributed by atoms with Crippen molar-refractivity contribution in [2.45, 2.75) is 19.0 Å². The number of alkyl halides is 3. The van der Waals surface area contributed by atoms with Crippen LogP contribution in [-0.2, 0) is 11.0 Å². The molecule has 0 saturated heterocycles. The molecule has 0 bridgehead atoms. The molecule has 1 atom stereocenters. The number of aromatic nitrogens is 2. The number of amides is 1. The van der Waals surface area contributed by atoms with Gasteiger partial charge in [0.05, 0.1) is 22.4 Å². The van der Waals surface area contributed by atoms with Crippen LogP contribution in [-0.4, -0.2) is 29.7 Å². The molecule has 0 radical (unpaired) electrons. The quantitative estimate of drug-likeness (QED) is 0.630. The molecule has 1 heterocycles. The number of carbonyl (C=O) groups excluding carboxylic acids is 1. The highest BCUT2D eigenvalue weighted by molar-refractivity contribution is 5.92. The molecule has 164 valence electrons. The minimum atomic E-state index is -4.69. The Labute approximate surface area is 172 Å². The monoisotopic (exact) mass is 440 g/mol. The van der Waals surface area contributed by atoms with E-state index >= 15 is 0 Å². The maximum Gasteiger partial charge on any atom is 0.416 e. The SMILES string of the molecule is CC(C(=O)Nn1c(N(C)C)nc(=O)c2ccc(C(F)(F)F)cc21)c1cc(F)cc(F)c1. The second-order valence-corrected chi connectivity index (χ2v) is 7.08. The number of nitrogens with one attached hydrogen (secondary N) is 1. The van der Waals surface area contributed by atoms with Gasteiger partial charge in [-0.05, 0) is 42.8 Å². The normalized spacial score (nSPS) is 12.6. The summed E-state index contributed by atoms with van der Waals surface area (Å²) < 4.78 is 67.7. The Morgan fingerprint density at radius 1 is 1.10 bits per heavy atom. The maximum absolute atomic E-state index is 13.5. The van der Waals surface area contributed by atoms with Crippen LogP contribution in [0.25, 0.3) is 10.9 Å². The number of hydrogen-bond acceptors (Lipinski definition) is 4. The summed E-state index contributed by atoms with van der Waals surface area (Å²) in [6.45, 7) is 1.37. The minimum absolute atomic E-state index is 0.0238. The summed E-state index contributed by atoms with van der Waals surface area (Å²) in [6, 6.07) is 5.04. The van der Waals surface area contributed by atoms with Gasteiger partial charge in [0.1, 0.15) is 11.6 Å². The number of fused-ring (bicyclic) bond motifs is 1. The van der Waals surface area contributed by atoms with Crippen LogP contribution in [0.1, 0.15) is 24.0 Å². The number of anilines is 1. The predicted molar refractivity (Wildman–Crippen MR) is 104 cm³/mol. The largest absolute Gasteiger partial charge is 0.416 e. The van der Waals surface area contributed by atoms with E-state index in [9.17, 15) is 31.5 Å². The molecular formula is C20H17F5N4O2. The second-order valence-electron chi connectivity index (χ2n) is 7.08. The highest BCUT2D eigenvalue weighted by Gasteiger charge is 2.31. The second kappa shape index (κ2) is 7.97. The summed E-state index contributed by atoms with van der Waals surface area (Å²) in [5.41, 5.74) is 0.384. The van der Waals surface area contributed by atoms with E-state index < -0.39 is 40.8 Å². The van der Waals surface area contributed by atoms with E-state index in [1.165, 1.54) is 25.9 Å². The molecule has 11 heteroatoms. The van der Waals surface area contributed by atoms with Crippen LogP contribution in [0.2, 0.25) is 0 Å². The molecule has 0 spiro atoms. The zero-order valence-electron chi connectivity index (χ0n) is 16.6. The topological polar surface area (TPSA) is 67.2 Å². The average molecular weight is 440 g/mol. The van der Waals surface area contributed by atoms with E-state index in [-0.39, 0.29) is 22.4 Å². The van der Waals surface area contributed by atoms with Crippen molar-refractivity contribution in [3.8, 4) is 0 Å². The lowest BCUT2D eigenvalue weighted by atomic mass is 10.0. The first-order valence-electron chi connectivity index (χ1n) is 8.96. The summed E-state index contributed by atoms with van der Waals surface area (Å²) in [4.78, 5) is 30.3. The van der Waals surface area contributed by atoms with Crippen LogP contribution in [0.4, 0.5) is 27.9 Å². The van der Waals surface area contributed by atoms with E-state index in [2.05, 4.69) is 10.4 Å². The lowest BCUT2D eigenvalue weighted by molar-refractivity contribution is -0.137. The van der Waals surface area contributed by atoms with Gasteiger partial charge in [-0.25, -0.2) is 13.5 Å². The van der Waals surface area contributed by atoms with Crippen LogP contribution in [0.15, 0.2) is 41.2 Å². The number of hydrogen-bond donors (Lipinski definition) is 1. The standard InChI is InChI=1S/C20H17F5N4O2/c1-10(11-6-13(21)9-14(22)7-11)17(30)27-29-16-8-12(20(23,24)25)4-5-15(16)18(31)26-19(29)28(2)3/h4-10H,1-3H3,(H,27,30). The third-order valence-electron chi connectivity index (χ3n) is 4.60. The molecule has 31 heavy (non-hydrogen) atoms. The van der Waals surface area contributed by atoms with Crippen molar-refractivity contribution in [2.24, 2.45) is 0 Å². The predicted octanol–water partition coefficient (Wildman–Crippen LogP) is 3.63. The van der Waals surface area contributed by atoms with E-state index in [1.54, 1.807) is 0 Å². The van der Waals surface area contributed by atoms with E-state index in [1.807, 2.05) is 0 Å². The first kappa shape index (κ1) is 22.2. The van der Waals surface area contributed by atoms with Crippen molar-refractivity contribution < 1.29 is 26.7 Å². The van der Waals surface area contributed by atoms with Gasteiger partial charge in [0.25, 0.3) is 5.56 Å². The Morgan fingerprint density at radius 2 is 1.71 bits per heavy atom. The van der Waals surface area contributed by atoms with E-state index in [0.29, 0.717) is 6.07 Å².